The summed E-state index contributed by atoms with van der Waals surface area (Å²) in [5.74, 6) is 0.459. The van der Waals surface area contributed by atoms with Crippen LogP contribution in [0.2, 0.25) is 0 Å². The number of pyridine rings is 1. The van der Waals surface area contributed by atoms with Crippen molar-refractivity contribution in [2.24, 2.45) is 5.92 Å². The minimum Gasteiger partial charge on any atom is -0.383 e. The van der Waals surface area contributed by atoms with Gasteiger partial charge in [-0.2, -0.15) is 5.10 Å². The summed E-state index contributed by atoms with van der Waals surface area (Å²) in [6.07, 6.45) is 5.50. The van der Waals surface area contributed by atoms with Crippen LogP contribution < -0.4 is 11.1 Å². The van der Waals surface area contributed by atoms with Crippen LogP contribution in [0, 0.1) is 17.6 Å². The SMILES string of the molecule is CC1(C)C(=O)Nc2nc(-c3nn(Cc4ccccc4F)c4ncc(F)cc34)nc(N)c21.CCC1CC1. The van der Waals surface area contributed by atoms with Crippen molar-refractivity contribution in [1.82, 2.24) is 24.7 Å². The van der Waals surface area contributed by atoms with E-state index in [0.29, 0.717) is 28.0 Å². The summed E-state index contributed by atoms with van der Waals surface area (Å²) in [6, 6.07) is 7.55. The Morgan fingerprint density at radius 1 is 1.19 bits per heavy atom. The van der Waals surface area contributed by atoms with Crippen LogP contribution in [0.1, 0.15) is 51.2 Å². The van der Waals surface area contributed by atoms with Crippen LogP contribution in [0.3, 0.4) is 0 Å². The molecule has 1 fully saturated rings. The van der Waals surface area contributed by atoms with Gasteiger partial charge >= 0.3 is 0 Å². The highest BCUT2D eigenvalue weighted by Gasteiger charge is 2.42. The van der Waals surface area contributed by atoms with Crippen LogP contribution in [-0.4, -0.2) is 30.6 Å². The summed E-state index contributed by atoms with van der Waals surface area (Å²) >= 11 is 0. The maximum atomic E-state index is 14.2. The molecular weight excluding hydrogens is 464 g/mol. The molecule has 4 aromatic rings. The van der Waals surface area contributed by atoms with E-state index in [2.05, 4.69) is 32.3 Å². The summed E-state index contributed by atoms with van der Waals surface area (Å²) in [6.45, 7) is 5.79. The Bertz CT molecular complexity index is 1480. The summed E-state index contributed by atoms with van der Waals surface area (Å²) in [5, 5.41) is 7.54. The van der Waals surface area contributed by atoms with Gasteiger partial charge in [-0.15, -0.1) is 0 Å². The lowest BCUT2D eigenvalue weighted by molar-refractivity contribution is -0.119. The van der Waals surface area contributed by atoms with Crippen LogP contribution in [0.15, 0.2) is 36.5 Å². The van der Waals surface area contributed by atoms with Gasteiger partial charge in [-0.3, -0.25) is 4.79 Å². The van der Waals surface area contributed by atoms with Gasteiger partial charge < -0.3 is 11.1 Å². The van der Waals surface area contributed by atoms with Crippen LogP contribution in [0.25, 0.3) is 22.6 Å². The lowest BCUT2D eigenvalue weighted by Gasteiger charge is -2.15. The second kappa shape index (κ2) is 8.92. The van der Waals surface area contributed by atoms with Crippen molar-refractivity contribution in [1.29, 1.82) is 0 Å². The molecule has 0 atom stereocenters. The Balaban J connectivity index is 0.000000477. The van der Waals surface area contributed by atoms with Gasteiger partial charge in [0.15, 0.2) is 11.5 Å². The molecule has 4 heterocycles. The number of hydrogen-bond acceptors (Lipinski definition) is 6. The molecule has 1 saturated carbocycles. The molecule has 10 heteroatoms. The van der Waals surface area contributed by atoms with Crippen LogP contribution in [0.5, 0.6) is 0 Å². The Kier molecular flexibility index (Phi) is 5.89. The van der Waals surface area contributed by atoms with Crippen LogP contribution in [-0.2, 0) is 16.8 Å². The van der Waals surface area contributed by atoms with E-state index < -0.39 is 17.0 Å². The van der Waals surface area contributed by atoms with E-state index in [0.717, 1.165) is 12.1 Å². The average Bonchev–Trinajstić information content (AvgIpc) is 3.57. The first-order valence-electron chi connectivity index (χ1n) is 11.9. The molecule has 1 aliphatic heterocycles. The van der Waals surface area contributed by atoms with E-state index in [1.807, 2.05) is 0 Å². The first kappa shape index (κ1) is 23.8. The third-order valence-corrected chi connectivity index (χ3v) is 6.68. The molecule has 6 rings (SSSR count). The van der Waals surface area contributed by atoms with Gasteiger partial charge in [0.05, 0.1) is 29.1 Å². The van der Waals surface area contributed by atoms with E-state index in [4.69, 9.17) is 5.73 Å². The number of rotatable bonds is 4. The normalized spacial score (nSPS) is 15.9. The summed E-state index contributed by atoms with van der Waals surface area (Å²) < 4.78 is 29.6. The molecule has 1 aliphatic carbocycles. The number of carbonyl (C=O) groups is 1. The molecule has 3 N–H and O–H groups in total. The molecule has 36 heavy (non-hydrogen) atoms. The minimum atomic E-state index is -0.877. The molecule has 1 aromatic carbocycles. The zero-order valence-electron chi connectivity index (χ0n) is 20.3. The van der Waals surface area contributed by atoms with Crippen molar-refractivity contribution in [2.75, 3.05) is 11.1 Å². The molecule has 3 aromatic heterocycles. The third-order valence-electron chi connectivity index (χ3n) is 6.68. The first-order chi connectivity index (χ1) is 17.2. The number of aromatic nitrogens is 5. The van der Waals surface area contributed by atoms with Gasteiger partial charge in [-0.1, -0.05) is 44.4 Å². The smallest absolute Gasteiger partial charge is 0.235 e. The second-order valence-corrected chi connectivity index (χ2v) is 9.71. The van der Waals surface area contributed by atoms with Crippen molar-refractivity contribution in [3.8, 4) is 11.5 Å². The van der Waals surface area contributed by atoms with Crippen LogP contribution >= 0.6 is 0 Å². The first-order valence-corrected chi connectivity index (χ1v) is 11.9. The average molecular weight is 492 g/mol. The van der Waals surface area contributed by atoms with Crippen molar-refractivity contribution >= 4 is 28.6 Å². The Labute approximate surface area is 207 Å². The molecule has 8 nitrogen and oxygen atoms in total. The summed E-state index contributed by atoms with van der Waals surface area (Å²) in [4.78, 5) is 25.2. The molecule has 0 spiro atoms. The van der Waals surface area contributed by atoms with Gasteiger partial charge in [0.2, 0.25) is 5.91 Å². The quantitative estimate of drug-likeness (QED) is 0.423. The van der Waals surface area contributed by atoms with Gasteiger partial charge in [0.1, 0.15) is 29.0 Å². The van der Waals surface area contributed by atoms with E-state index in [9.17, 15) is 13.6 Å². The van der Waals surface area contributed by atoms with Crippen molar-refractivity contribution in [2.45, 2.75) is 52.0 Å². The number of carbonyl (C=O) groups excluding carboxylic acids is 1. The number of halogens is 2. The number of hydrogen-bond donors (Lipinski definition) is 2. The Morgan fingerprint density at radius 3 is 2.61 bits per heavy atom. The van der Waals surface area contributed by atoms with Gasteiger partial charge in [0, 0.05) is 5.56 Å². The molecule has 0 bridgehead atoms. The lowest BCUT2D eigenvalue weighted by Crippen LogP contribution is -2.27. The van der Waals surface area contributed by atoms with Gasteiger partial charge in [0.25, 0.3) is 0 Å². The molecule has 0 saturated heterocycles. The zero-order chi connectivity index (χ0) is 25.6. The fraction of sp³-hybridized carbons (Fsp3) is 0.346. The number of nitrogens with two attached hydrogens (primary N) is 1. The van der Waals surface area contributed by atoms with Crippen molar-refractivity contribution < 1.29 is 13.6 Å². The second-order valence-electron chi connectivity index (χ2n) is 9.71. The topological polar surface area (TPSA) is 112 Å². The molecule has 1 amide bonds. The monoisotopic (exact) mass is 491 g/mol. The van der Waals surface area contributed by atoms with Crippen LogP contribution in [0.4, 0.5) is 20.4 Å². The fourth-order valence-corrected chi connectivity index (χ4v) is 4.29. The number of fused-ring (bicyclic) bond motifs is 2. The molecule has 0 radical (unpaired) electrons. The van der Waals surface area contributed by atoms with Gasteiger partial charge in [-0.05, 0) is 31.9 Å². The van der Waals surface area contributed by atoms with E-state index in [1.165, 1.54) is 36.1 Å². The molecular formula is C26H27F2N7O. The predicted octanol–water partition coefficient (Wildman–Crippen LogP) is 4.83. The molecule has 186 valence electrons. The zero-order valence-corrected chi connectivity index (χ0v) is 20.3. The highest BCUT2D eigenvalue weighted by molar-refractivity contribution is 6.06. The van der Waals surface area contributed by atoms with E-state index in [1.54, 1.807) is 32.0 Å². The summed E-state index contributed by atoms with van der Waals surface area (Å²) in [7, 11) is 0. The largest absolute Gasteiger partial charge is 0.383 e. The van der Waals surface area contributed by atoms with E-state index >= 15 is 0 Å². The number of nitrogens with one attached hydrogen (secondary N) is 1. The Hall–Kier alpha value is -3.95. The third kappa shape index (κ3) is 4.27. The Morgan fingerprint density at radius 2 is 1.94 bits per heavy atom. The number of anilines is 2. The number of amides is 1. The minimum absolute atomic E-state index is 0.0754. The van der Waals surface area contributed by atoms with Crippen molar-refractivity contribution in [3.05, 3.63) is 59.3 Å². The standard InChI is InChI=1S/C21H17F2N7O.C5H10/c1-21(2)14-16(24)26-18(27-17(14)28-20(21)31)15-12-7-11(22)8-25-19(12)30(29-15)9-10-5-3-4-6-13(10)23;1-2-5-3-4-5/h3-8H,9H2,1-2H3,(H3,24,26,27,28,31);5H,2-4H2,1H3. The maximum absolute atomic E-state index is 14.2. The number of benzene rings is 1. The highest BCUT2D eigenvalue weighted by Crippen LogP contribution is 2.40. The van der Waals surface area contributed by atoms with Crippen molar-refractivity contribution in [3.63, 3.8) is 0 Å². The molecule has 0 unspecified atom stereocenters. The maximum Gasteiger partial charge on any atom is 0.235 e. The van der Waals surface area contributed by atoms with E-state index in [-0.39, 0.29) is 29.8 Å². The van der Waals surface area contributed by atoms with Gasteiger partial charge in [-0.25, -0.2) is 28.4 Å². The lowest BCUT2D eigenvalue weighted by atomic mass is 9.87. The fourth-order valence-electron chi connectivity index (χ4n) is 4.29. The summed E-state index contributed by atoms with van der Waals surface area (Å²) in [5.41, 5.74) is 6.74. The molecule has 2 aliphatic rings. The highest BCUT2D eigenvalue weighted by atomic mass is 19.1. The number of nitrogens with zero attached hydrogens (tertiary/aromatic N) is 5. The predicted molar refractivity (Wildman–Crippen MR) is 133 cm³/mol. The number of nitrogen functional groups attached to an aromatic ring is 1.